The van der Waals surface area contributed by atoms with Crippen LogP contribution in [0.15, 0.2) is 22.7 Å². The number of halogens is 1. The molecule has 1 unspecified atom stereocenters. The Kier molecular flexibility index (Phi) is 4.76. The van der Waals surface area contributed by atoms with E-state index in [9.17, 15) is 9.90 Å². The second-order valence-electron chi connectivity index (χ2n) is 3.68. The number of phenolic OH excluding ortho intramolecular Hbond substituents is 1. The quantitative estimate of drug-likeness (QED) is 0.787. The fourth-order valence-electron chi connectivity index (χ4n) is 1.20. The maximum Gasteiger partial charge on any atom is 0.255 e. The van der Waals surface area contributed by atoms with Crippen LogP contribution in [-0.2, 0) is 0 Å². The summed E-state index contributed by atoms with van der Waals surface area (Å²) in [5.41, 5.74) is 5.83. The summed E-state index contributed by atoms with van der Waals surface area (Å²) in [7, 11) is 0. The van der Waals surface area contributed by atoms with Gasteiger partial charge in [-0.1, -0.05) is 15.9 Å². The number of hydrogen-bond donors (Lipinski definition) is 3. The van der Waals surface area contributed by atoms with Gasteiger partial charge in [0.05, 0.1) is 5.56 Å². The summed E-state index contributed by atoms with van der Waals surface area (Å²) in [6.45, 7) is 2.38. The summed E-state index contributed by atoms with van der Waals surface area (Å²) >= 11 is 3.24. The maximum atomic E-state index is 11.7. The van der Waals surface area contributed by atoms with Gasteiger partial charge in [0, 0.05) is 17.1 Å². The standard InChI is InChI=1S/C11H15BrN2O2/c1-7(13)4-5-14-11(16)9-6-8(12)2-3-10(9)15/h2-3,6-7,15H,4-5,13H2,1H3,(H,14,16). The predicted molar refractivity (Wildman–Crippen MR) is 66.4 cm³/mol. The molecular weight excluding hydrogens is 272 g/mol. The molecule has 4 N–H and O–H groups in total. The van der Waals surface area contributed by atoms with Crippen LogP contribution in [0.5, 0.6) is 5.75 Å². The highest BCUT2D eigenvalue weighted by molar-refractivity contribution is 9.10. The number of nitrogens with one attached hydrogen (secondary N) is 1. The smallest absolute Gasteiger partial charge is 0.255 e. The third-order valence-electron chi connectivity index (χ3n) is 2.09. The molecule has 1 atom stereocenters. The zero-order chi connectivity index (χ0) is 12.1. The van der Waals surface area contributed by atoms with Crippen molar-refractivity contribution < 1.29 is 9.90 Å². The zero-order valence-electron chi connectivity index (χ0n) is 9.03. The SMILES string of the molecule is CC(N)CCNC(=O)c1cc(Br)ccc1O. The lowest BCUT2D eigenvalue weighted by atomic mass is 10.2. The summed E-state index contributed by atoms with van der Waals surface area (Å²) in [4.78, 5) is 11.7. The van der Waals surface area contributed by atoms with E-state index in [0.29, 0.717) is 13.0 Å². The van der Waals surface area contributed by atoms with Gasteiger partial charge in [0.1, 0.15) is 5.75 Å². The number of rotatable bonds is 4. The molecule has 1 amide bonds. The lowest BCUT2D eigenvalue weighted by molar-refractivity contribution is 0.0950. The average molecular weight is 287 g/mol. The molecule has 0 saturated heterocycles. The third kappa shape index (κ3) is 3.83. The van der Waals surface area contributed by atoms with Crippen LogP contribution in [0.1, 0.15) is 23.7 Å². The van der Waals surface area contributed by atoms with Crippen molar-refractivity contribution in [3.8, 4) is 5.75 Å². The van der Waals surface area contributed by atoms with Crippen LogP contribution in [0.4, 0.5) is 0 Å². The van der Waals surface area contributed by atoms with Gasteiger partial charge in [0.25, 0.3) is 5.91 Å². The number of nitrogens with two attached hydrogens (primary N) is 1. The monoisotopic (exact) mass is 286 g/mol. The van der Waals surface area contributed by atoms with Crippen molar-refractivity contribution in [1.29, 1.82) is 0 Å². The minimum absolute atomic E-state index is 0.0264. The minimum Gasteiger partial charge on any atom is -0.507 e. The molecule has 0 aliphatic carbocycles. The van der Waals surface area contributed by atoms with E-state index in [4.69, 9.17) is 5.73 Å². The Morgan fingerprint density at radius 3 is 2.94 bits per heavy atom. The van der Waals surface area contributed by atoms with Gasteiger partial charge in [-0.05, 0) is 31.5 Å². The first-order chi connectivity index (χ1) is 7.50. The molecular formula is C11H15BrN2O2. The number of carbonyl (C=O) groups is 1. The second kappa shape index (κ2) is 5.86. The molecule has 0 aliphatic heterocycles. The van der Waals surface area contributed by atoms with E-state index in [1.54, 1.807) is 12.1 Å². The van der Waals surface area contributed by atoms with Crippen molar-refractivity contribution in [3.05, 3.63) is 28.2 Å². The maximum absolute atomic E-state index is 11.7. The highest BCUT2D eigenvalue weighted by Gasteiger charge is 2.10. The van der Waals surface area contributed by atoms with Crippen LogP contribution in [0.25, 0.3) is 0 Å². The van der Waals surface area contributed by atoms with E-state index in [-0.39, 0.29) is 23.3 Å². The Hall–Kier alpha value is -1.07. The first-order valence-electron chi connectivity index (χ1n) is 5.03. The molecule has 1 aromatic rings. The predicted octanol–water partition coefficient (Wildman–Crippen LogP) is 1.62. The van der Waals surface area contributed by atoms with Gasteiger partial charge in [0.2, 0.25) is 0 Å². The lowest BCUT2D eigenvalue weighted by Gasteiger charge is -2.08. The summed E-state index contributed by atoms with van der Waals surface area (Å²) < 4.78 is 0.752. The third-order valence-corrected chi connectivity index (χ3v) is 2.58. The van der Waals surface area contributed by atoms with E-state index in [1.807, 2.05) is 6.92 Å². The average Bonchev–Trinajstić information content (AvgIpc) is 2.21. The molecule has 4 nitrogen and oxygen atoms in total. The van der Waals surface area contributed by atoms with E-state index < -0.39 is 0 Å². The van der Waals surface area contributed by atoms with Gasteiger partial charge in [0.15, 0.2) is 0 Å². The van der Waals surface area contributed by atoms with Crippen LogP contribution in [-0.4, -0.2) is 23.6 Å². The highest BCUT2D eigenvalue weighted by atomic mass is 79.9. The van der Waals surface area contributed by atoms with Crippen molar-refractivity contribution in [1.82, 2.24) is 5.32 Å². The molecule has 0 heterocycles. The van der Waals surface area contributed by atoms with E-state index in [0.717, 1.165) is 4.47 Å². The molecule has 16 heavy (non-hydrogen) atoms. The Morgan fingerprint density at radius 2 is 2.31 bits per heavy atom. The number of carbonyl (C=O) groups excluding carboxylic acids is 1. The Morgan fingerprint density at radius 1 is 1.62 bits per heavy atom. The summed E-state index contributed by atoms with van der Waals surface area (Å²) in [5, 5.41) is 12.2. The lowest BCUT2D eigenvalue weighted by Crippen LogP contribution is -2.28. The molecule has 5 heteroatoms. The second-order valence-corrected chi connectivity index (χ2v) is 4.60. The van der Waals surface area contributed by atoms with Crippen molar-refractivity contribution in [2.75, 3.05) is 6.54 Å². The number of benzene rings is 1. The Balaban J connectivity index is 2.62. The van der Waals surface area contributed by atoms with Crippen LogP contribution in [0.2, 0.25) is 0 Å². The van der Waals surface area contributed by atoms with Gasteiger partial charge in [-0.2, -0.15) is 0 Å². The van der Waals surface area contributed by atoms with Gasteiger partial charge in [-0.25, -0.2) is 0 Å². The largest absolute Gasteiger partial charge is 0.507 e. The van der Waals surface area contributed by atoms with Crippen molar-refractivity contribution in [2.45, 2.75) is 19.4 Å². The molecule has 0 saturated carbocycles. The Bertz CT molecular complexity index is 380. The highest BCUT2D eigenvalue weighted by Crippen LogP contribution is 2.21. The number of aromatic hydroxyl groups is 1. The van der Waals surface area contributed by atoms with Crippen LogP contribution >= 0.6 is 15.9 Å². The molecule has 1 rings (SSSR count). The summed E-state index contributed by atoms with van der Waals surface area (Å²) in [6.07, 6.45) is 0.709. The van der Waals surface area contributed by atoms with Crippen LogP contribution in [0.3, 0.4) is 0 Å². The van der Waals surface area contributed by atoms with Crippen LogP contribution < -0.4 is 11.1 Å². The van der Waals surface area contributed by atoms with Gasteiger partial charge in [-0.15, -0.1) is 0 Å². The molecule has 88 valence electrons. The van der Waals surface area contributed by atoms with Gasteiger partial charge < -0.3 is 16.2 Å². The molecule has 1 aromatic carbocycles. The number of phenols is 1. The molecule has 0 aromatic heterocycles. The van der Waals surface area contributed by atoms with Gasteiger partial charge in [-0.3, -0.25) is 4.79 Å². The van der Waals surface area contributed by atoms with E-state index in [1.165, 1.54) is 6.07 Å². The van der Waals surface area contributed by atoms with Crippen molar-refractivity contribution in [3.63, 3.8) is 0 Å². The van der Waals surface area contributed by atoms with Gasteiger partial charge >= 0.3 is 0 Å². The molecule has 0 radical (unpaired) electrons. The molecule has 0 fully saturated rings. The normalized spacial score (nSPS) is 12.2. The zero-order valence-corrected chi connectivity index (χ0v) is 10.6. The van der Waals surface area contributed by atoms with E-state index in [2.05, 4.69) is 21.2 Å². The first kappa shape index (κ1) is 13.0. The topological polar surface area (TPSA) is 75.3 Å². The summed E-state index contributed by atoms with van der Waals surface area (Å²) in [5.74, 6) is -0.319. The first-order valence-corrected chi connectivity index (χ1v) is 5.82. The fourth-order valence-corrected chi connectivity index (χ4v) is 1.56. The minimum atomic E-state index is -0.292. The Labute approximate surface area is 103 Å². The molecule has 0 aliphatic rings. The van der Waals surface area contributed by atoms with Crippen molar-refractivity contribution in [2.24, 2.45) is 5.73 Å². The molecule has 0 spiro atoms. The number of amides is 1. The number of hydrogen-bond acceptors (Lipinski definition) is 3. The fraction of sp³-hybridized carbons (Fsp3) is 0.364. The van der Waals surface area contributed by atoms with Crippen molar-refractivity contribution >= 4 is 21.8 Å². The molecule has 0 bridgehead atoms. The van der Waals surface area contributed by atoms with E-state index >= 15 is 0 Å². The van der Waals surface area contributed by atoms with Crippen LogP contribution in [0, 0.1) is 0 Å². The summed E-state index contributed by atoms with van der Waals surface area (Å²) in [6, 6.07) is 4.78.